The zero-order valence-electron chi connectivity index (χ0n) is 91.1. The molecule has 2 aromatic heterocycles. The molecule has 136 heavy (non-hydrogen) atoms. The van der Waals surface area contributed by atoms with Crippen LogP contribution < -0.4 is 27.4 Å². The van der Waals surface area contributed by atoms with Crippen molar-refractivity contribution in [2.75, 3.05) is 177 Å². The molecule has 0 radical (unpaired) electrons. The summed E-state index contributed by atoms with van der Waals surface area (Å²) in [7, 11) is 0. The number of nitrogens with zero attached hydrogens (tertiary/aromatic N) is 9. The van der Waals surface area contributed by atoms with Gasteiger partial charge in [-0.1, -0.05) is 44.2 Å². The molecule has 2 unspecified atom stereocenters. The number of aliphatic hydroxyl groups is 2. The molecule has 28 nitrogen and oxygen atoms in total. The number of hydrogen-bond donors (Lipinski definition) is 7. The van der Waals surface area contributed by atoms with Gasteiger partial charge in [0.25, 0.3) is 0 Å². The van der Waals surface area contributed by atoms with E-state index in [9.17, 15) is 23.2 Å². The first kappa shape index (κ1) is 134. The summed E-state index contributed by atoms with van der Waals surface area (Å²) in [6, 6.07) is 13.6. The van der Waals surface area contributed by atoms with Gasteiger partial charge in [0.05, 0.1) is 103 Å². The number of primary amides is 2. The molecule has 30 heteroatoms. The number of piperidine rings is 1. The first-order valence-electron chi connectivity index (χ1n) is 49.8. The van der Waals surface area contributed by atoms with Crippen LogP contribution in [0.1, 0.15) is 301 Å². The number of rotatable bonds is 45. The quantitative estimate of drug-likeness (QED) is 0.0204. The number of β-amino-alcohol motifs (C(OH)–C–C–N with tert-alkyl or cyclic N) is 1. The van der Waals surface area contributed by atoms with Gasteiger partial charge in [0.15, 0.2) is 5.69 Å². The minimum absolute atomic E-state index is 0.0141. The highest BCUT2D eigenvalue weighted by Gasteiger charge is 2.26. The monoisotopic (exact) mass is 1930 g/mol. The van der Waals surface area contributed by atoms with Crippen molar-refractivity contribution in [3.8, 4) is 0 Å². The molecule has 9 N–H and O–H groups in total. The van der Waals surface area contributed by atoms with E-state index in [2.05, 4.69) is 157 Å². The van der Waals surface area contributed by atoms with E-state index in [-0.39, 0.29) is 93.7 Å². The summed E-state index contributed by atoms with van der Waals surface area (Å²) in [6.45, 7) is 99.8. The van der Waals surface area contributed by atoms with Gasteiger partial charge in [-0.05, 0) is 312 Å². The minimum atomic E-state index is -2.20. The SMILES string of the molecule is CC(=O)NC1CCN(CCCOC(C)(C)C)C1.CC(C)(C)OCCCN1CCCC(C(N)=O)C1.CC(C)(C)OCCCN1CCN(CCO)CC1.CC(C)(C)OCCCNCCC(F)F.CC(C)(C)OCCCNCCC(N)=O.CC(C)(C)OCc1cccnc1.CC(C)CCN(CCO)CCCOC(C)(C)C.[C-]#[N+]c1cccc(COC(C)(C)C)c1.[C-]#[N+]c1cncc(COC(C)(C)C)c1. The molecule has 5 heterocycles. The number of pyridine rings is 2. The van der Waals surface area contributed by atoms with Crippen LogP contribution in [0.3, 0.4) is 0 Å². The fourth-order valence-corrected chi connectivity index (χ4v) is 12.4. The Morgan fingerprint density at radius 1 is 0.463 bits per heavy atom. The molecule has 0 saturated carbocycles. The zero-order valence-corrected chi connectivity index (χ0v) is 91.1. The number of likely N-dealkylation sites (tertiary alicyclic amines) is 2. The van der Waals surface area contributed by atoms with E-state index >= 15 is 0 Å². The lowest BCUT2D eigenvalue weighted by Crippen LogP contribution is -2.47. The third kappa shape index (κ3) is 96.9. The molecule has 3 fully saturated rings. The summed E-state index contributed by atoms with van der Waals surface area (Å²) in [4.78, 5) is 58.9. The van der Waals surface area contributed by atoms with Crippen molar-refractivity contribution in [3.05, 3.63) is 107 Å². The molecule has 0 spiro atoms. The number of aromatic nitrogens is 2. The first-order chi connectivity index (χ1) is 63.0. The van der Waals surface area contributed by atoms with Crippen molar-refractivity contribution in [2.24, 2.45) is 23.3 Å². The van der Waals surface area contributed by atoms with Gasteiger partial charge >= 0.3 is 0 Å². The number of alkyl halides is 2. The van der Waals surface area contributed by atoms with Gasteiger partial charge in [0.1, 0.15) is 0 Å². The summed E-state index contributed by atoms with van der Waals surface area (Å²) >= 11 is 0. The van der Waals surface area contributed by atoms with Crippen LogP contribution >= 0.6 is 0 Å². The number of ether oxygens (including phenoxy) is 9. The molecule has 1 aromatic carbocycles. The zero-order chi connectivity index (χ0) is 104. The number of amides is 3. The Balaban J connectivity index is -0.00000147. The van der Waals surface area contributed by atoms with E-state index in [1.54, 1.807) is 37.6 Å². The largest absolute Gasteiger partial charge is 0.395 e. The Hall–Kier alpha value is -5.95. The number of hydrogen-bond acceptors (Lipinski definition) is 23. The van der Waals surface area contributed by atoms with Crippen molar-refractivity contribution in [3.63, 3.8) is 0 Å². The number of benzene rings is 1. The summed E-state index contributed by atoms with van der Waals surface area (Å²) < 4.78 is 73.9. The Morgan fingerprint density at radius 3 is 1.30 bits per heavy atom. The van der Waals surface area contributed by atoms with Crippen LogP contribution in [-0.2, 0) is 76.8 Å². The average Bonchev–Trinajstić information content (AvgIpc) is 0.941. The molecule has 3 saturated heterocycles. The van der Waals surface area contributed by atoms with E-state index in [4.69, 9.17) is 77.5 Å². The van der Waals surface area contributed by atoms with Crippen molar-refractivity contribution in [1.29, 1.82) is 0 Å². The molecule has 6 rings (SSSR count). The Kier molecular flexibility index (Phi) is 73.9. The van der Waals surface area contributed by atoms with Gasteiger partial charge < -0.3 is 99.9 Å². The highest BCUT2D eigenvalue weighted by molar-refractivity contribution is 5.77. The molecule has 790 valence electrons. The third-order valence-electron chi connectivity index (χ3n) is 19.4. The number of halogens is 2. The second kappa shape index (κ2) is 74.9. The van der Waals surface area contributed by atoms with Crippen molar-refractivity contribution in [2.45, 2.75) is 367 Å². The van der Waals surface area contributed by atoms with Crippen molar-refractivity contribution >= 4 is 29.1 Å². The van der Waals surface area contributed by atoms with E-state index in [1.165, 1.54) is 6.42 Å². The van der Waals surface area contributed by atoms with Gasteiger partial charge in [0.2, 0.25) is 29.8 Å². The number of nitrogens with one attached hydrogen (secondary N) is 3. The maximum absolute atomic E-state index is 11.7. The minimum Gasteiger partial charge on any atom is -0.395 e. The van der Waals surface area contributed by atoms with Gasteiger partial charge in [-0.2, -0.15) is 0 Å². The van der Waals surface area contributed by atoms with Crippen LogP contribution in [0.25, 0.3) is 9.69 Å². The summed E-state index contributed by atoms with van der Waals surface area (Å²) in [5, 5.41) is 26.9. The van der Waals surface area contributed by atoms with Gasteiger partial charge in [0, 0.05) is 188 Å². The molecular formula is C106H198F2N14O14. The number of nitrogens with two attached hydrogens (primary N) is 2. The van der Waals surface area contributed by atoms with E-state index in [0.717, 1.165) is 225 Å². The predicted molar refractivity (Wildman–Crippen MR) is 553 cm³/mol. The van der Waals surface area contributed by atoms with Gasteiger partial charge in [-0.3, -0.25) is 29.3 Å². The van der Waals surface area contributed by atoms with Crippen LogP contribution in [0.2, 0.25) is 0 Å². The maximum Gasteiger partial charge on any atom is 0.239 e. The lowest BCUT2D eigenvalue weighted by molar-refractivity contribution is -0.123. The maximum atomic E-state index is 11.7. The number of aliphatic hydroxyl groups excluding tert-OH is 2. The lowest BCUT2D eigenvalue weighted by atomic mass is 9.97. The molecule has 2 atom stereocenters. The Labute approximate surface area is 826 Å². The van der Waals surface area contributed by atoms with Crippen molar-refractivity contribution in [1.82, 2.24) is 50.4 Å². The smallest absolute Gasteiger partial charge is 0.239 e. The van der Waals surface area contributed by atoms with Crippen LogP contribution in [0.15, 0.2) is 67.3 Å². The molecule has 3 aromatic rings. The fourth-order valence-electron chi connectivity index (χ4n) is 12.4. The van der Waals surface area contributed by atoms with Gasteiger partial charge in [-0.15, -0.1) is 0 Å². The second-order valence-corrected chi connectivity index (χ2v) is 44.0. The topological polar surface area (TPSA) is 314 Å². The highest BCUT2D eigenvalue weighted by atomic mass is 19.3. The van der Waals surface area contributed by atoms with E-state index in [1.807, 2.05) is 140 Å². The molecule has 3 amide bonds. The van der Waals surface area contributed by atoms with Crippen LogP contribution in [0.4, 0.5) is 20.2 Å². The number of carbonyl (C=O) groups excluding carboxylic acids is 3. The summed E-state index contributed by atoms with van der Waals surface area (Å²) in [6.07, 6.45) is 15.3. The molecule has 3 aliphatic rings. The van der Waals surface area contributed by atoms with Crippen molar-refractivity contribution < 1.29 is 76.0 Å². The number of carbonyl (C=O) groups is 3. The molecule has 3 aliphatic heterocycles. The van der Waals surface area contributed by atoms with E-state index < -0.39 is 6.43 Å². The summed E-state index contributed by atoms with van der Waals surface area (Å²) in [5.74, 6) is 0.436. The lowest BCUT2D eigenvalue weighted by Gasteiger charge is -2.34. The number of piperazine rings is 1. The average molecular weight is 1930 g/mol. The Morgan fingerprint density at radius 2 is 0.882 bits per heavy atom. The fraction of sp³-hybridized carbons (Fsp3) is 0.802. The summed E-state index contributed by atoms with van der Waals surface area (Å²) in [5.41, 5.74) is 14.0. The molecule has 0 bridgehead atoms. The third-order valence-corrected chi connectivity index (χ3v) is 19.4. The molecule has 0 aliphatic carbocycles. The van der Waals surface area contributed by atoms with Gasteiger partial charge in [-0.25, -0.2) is 18.5 Å². The Bertz CT molecular complexity index is 3440. The molecular weight excluding hydrogens is 1730 g/mol. The standard InChI is InChI=1S/C14H31NO2.2C13H26N2O2.C13H28N2O2.C12H15NO.C11H14N2O.C10H21F2NO.C10H22N2O2.C10H15NO/c1-13(2)7-9-15(10-11-16)8-6-12-17-14(3,4)5;1-11(16)14-12-6-8-15(10-12)7-5-9-17-13(2,3)4;1-13(2,3)17-9-5-8-15-7-4-6-11(10-15)12(14)16;1-13(2,3)17-12-4-5-14-6-8-15(9-7-14)10-11-16;1-12(2,3)14-9-10-6-5-7-11(8-10)13-4;1-11(2,3)14-8-9-5-10(12-4)7-13-6-9;1-10(2,3)14-8-4-6-13-7-5-9(11)12;1-10(2,3)14-8-4-6-12-7-5-9(11)13;1-10(2,3)12-8-9-5-4-6-11-7-9/h13,16H,6-12H2,1-5H3;12H,5-10H2,1-4H3,(H,14,16);11H,4-10H2,1-3H3,(H2,14,16);16H,4-12H2,1-3H3;5-8H,9H2,1-3H3;5-7H,8H2,1-3H3;9,13H,4-8H2,1-3H3;12H,4-8H2,1-3H3,(H2,11,13);4-7H,8H2,1-3H3. The normalized spacial score (nSPS) is 15.4. The highest BCUT2D eigenvalue weighted by Crippen LogP contribution is 2.22. The van der Waals surface area contributed by atoms with Crippen LogP contribution in [-0.4, -0.2) is 302 Å². The first-order valence-corrected chi connectivity index (χ1v) is 49.8. The van der Waals surface area contributed by atoms with Crippen LogP contribution in [0.5, 0.6) is 0 Å². The predicted octanol–water partition coefficient (Wildman–Crippen LogP) is 18.1. The van der Waals surface area contributed by atoms with E-state index in [0.29, 0.717) is 63.4 Å². The second-order valence-electron chi connectivity index (χ2n) is 44.0. The van der Waals surface area contributed by atoms with Crippen LogP contribution in [0, 0.1) is 25.0 Å².